The van der Waals surface area contributed by atoms with E-state index in [4.69, 9.17) is 0 Å². The number of aromatic nitrogens is 3. The fraction of sp³-hybridized carbons (Fsp3) is 0.529. The third kappa shape index (κ3) is 4.35. The number of aromatic amines is 1. The van der Waals surface area contributed by atoms with Crippen molar-refractivity contribution in [2.45, 2.75) is 32.2 Å². The number of nitrogens with one attached hydrogen (secondary N) is 2. The van der Waals surface area contributed by atoms with Crippen LogP contribution in [-0.4, -0.2) is 63.1 Å². The third-order valence-corrected chi connectivity index (χ3v) is 5.32. The van der Waals surface area contributed by atoms with Gasteiger partial charge in [-0.25, -0.2) is 9.97 Å². The molecule has 1 amide bonds. The number of thiazole rings is 1. The molecule has 9 heteroatoms. The van der Waals surface area contributed by atoms with Gasteiger partial charge in [0, 0.05) is 30.7 Å². The summed E-state index contributed by atoms with van der Waals surface area (Å²) >= 11 is 1.47. The van der Waals surface area contributed by atoms with Gasteiger partial charge in [0.1, 0.15) is 11.3 Å². The van der Waals surface area contributed by atoms with Gasteiger partial charge in [-0.2, -0.15) is 0 Å². The number of carbonyl (C=O) groups is 1. The number of nitrogens with zero attached hydrogens (tertiary/aromatic N) is 3. The number of rotatable bonds is 6. The Bertz CT molecular complexity index is 819. The van der Waals surface area contributed by atoms with Gasteiger partial charge in [-0.15, -0.1) is 11.3 Å². The zero-order chi connectivity index (χ0) is 18.5. The van der Waals surface area contributed by atoms with Gasteiger partial charge in [-0.3, -0.25) is 14.5 Å². The van der Waals surface area contributed by atoms with Gasteiger partial charge in [-0.1, -0.05) is 6.42 Å². The predicted molar refractivity (Wildman–Crippen MR) is 99.3 cm³/mol. The fourth-order valence-corrected chi connectivity index (χ4v) is 3.73. The highest BCUT2D eigenvalue weighted by Gasteiger charge is 2.21. The number of hydrogen-bond acceptors (Lipinski definition) is 7. The molecule has 3 rings (SSSR count). The van der Waals surface area contributed by atoms with Crippen LogP contribution in [0.1, 0.15) is 34.6 Å². The highest BCUT2D eigenvalue weighted by atomic mass is 32.1. The minimum absolute atomic E-state index is 0.0157. The molecule has 3 heterocycles. The van der Waals surface area contributed by atoms with Gasteiger partial charge in [0.15, 0.2) is 5.82 Å². The van der Waals surface area contributed by atoms with E-state index in [0.717, 1.165) is 30.8 Å². The zero-order valence-electron chi connectivity index (χ0n) is 14.7. The Balaban J connectivity index is 1.58. The summed E-state index contributed by atoms with van der Waals surface area (Å²) in [6.07, 6.45) is 4.49. The van der Waals surface area contributed by atoms with Crippen molar-refractivity contribution in [1.29, 1.82) is 0 Å². The minimum Gasteiger partial charge on any atom is -0.395 e. The summed E-state index contributed by atoms with van der Waals surface area (Å²) in [6, 6.07) is 0.159. The Morgan fingerprint density at radius 1 is 1.50 bits per heavy atom. The largest absolute Gasteiger partial charge is 0.395 e. The van der Waals surface area contributed by atoms with Gasteiger partial charge < -0.3 is 15.4 Å². The molecule has 0 spiro atoms. The van der Waals surface area contributed by atoms with Crippen molar-refractivity contribution in [2.75, 3.05) is 26.2 Å². The number of likely N-dealkylation sites (tertiary alicyclic amines) is 1. The molecule has 0 unspecified atom stereocenters. The maximum Gasteiger partial charge on any atom is 0.264 e. The second kappa shape index (κ2) is 8.52. The molecule has 0 radical (unpaired) electrons. The molecule has 1 aliphatic heterocycles. The van der Waals surface area contributed by atoms with E-state index in [9.17, 15) is 14.7 Å². The number of hydrogen-bond donors (Lipinski definition) is 3. The van der Waals surface area contributed by atoms with Crippen LogP contribution in [0.3, 0.4) is 0 Å². The molecule has 8 nitrogen and oxygen atoms in total. The van der Waals surface area contributed by atoms with Crippen molar-refractivity contribution in [3.8, 4) is 11.5 Å². The monoisotopic (exact) mass is 377 g/mol. The first kappa shape index (κ1) is 18.7. The van der Waals surface area contributed by atoms with E-state index in [1.165, 1.54) is 17.5 Å². The topological polar surface area (TPSA) is 111 Å². The molecular formula is C17H23N5O3S. The molecule has 0 aliphatic carbocycles. The summed E-state index contributed by atoms with van der Waals surface area (Å²) in [6.45, 7) is 4.00. The molecule has 0 saturated carbocycles. The number of aliphatic hydroxyl groups is 1. The van der Waals surface area contributed by atoms with Crippen LogP contribution in [0, 0.1) is 6.92 Å². The molecule has 26 heavy (non-hydrogen) atoms. The van der Waals surface area contributed by atoms with Crippen molar-refractivity contribution in [2.24, 2.45) is 0 Å². The highest BCUT2D eigenvalue weighted by molar-refractivity contribution is 7.09. The lowest BCUT2D eigenvalue weighted by Crippen LogP contribution is -2.45. The summed E-state index contributed by atoms with van der Waals surface area (Å²) in [5.74, 6) is -0.0904. The van der Waals surface area contributed by atoms with Crippen LogP contribution in [0.25, 0.3) is 11.5 Å². The summed E-state index contributed by atoms with van der Waals surface area (Å²) in [4.78, 5) is 37.7. The van der Waals surface area contributed by atoms with E-state index in [2.05, 4.69) is 25.2 Å². The number of aliphatic hydroxyl groups excluding tert-OH is 1. The van der Waals surface area contributed by atoms with Gasteiger partial charge in [-0.05, 0) is 26.3 Å². The van der Waals surface area contributed by atoms with Crippen molar-refractivity contribution in [1.82, 2.24) is 25.2 Å². The highest BCUT2D eigenvalue weighted by Crippen LogP contribution is 2.17. The van der Waals surface area contributed by atoms with E-state index in [-0.39, 0.29) is 18.2 Å². The molecule has 2 aromatic rings. The summed E-state index contributed by atoms with van der Waals surface area (Å²) in [5, 5.41) is 14.9. The van der Waals surface area contributed by atoms with Crippen LogP contribution < -0.4 is 10.9 Å². The molecule has 1 aliphatic rings. The molecular weight excluding hydrogens is 354 g/mol. The normalized spacial score (nSPS) is 18.0. The number of carbonyl (C=O) groups excluding carboxylic acids is 1. The van der Waals surface area contributed by atoms with Crippen LogP contribution in [0.4, 0.5) is 0 Å². The van der Waals surface area contributed by atoms with Crippen molar-refractivity contribution < 1.29 is 9.90 Å². The van der Waals surface area contributed by atoms with E-state index >= 15 is 0 Å². The molecule has 1 atom stereocenters. The first-order valence-corrected chi connectivity index (χ1v) is 9.61. The quantitative estimate of drug-likeness (QED) is 0.686. The maximum absolute atomic E-state index is 12.3. The average molecular weight is 377 g/mol. The van der Waals surface area contributed by atoms with E-state index in [1.807, 2.05) is 12.3 Å². The van der Waals surface area contributed by atoms with Crippen molar-refractivity contribution in [3.05, 3.63) is 32.5 Å². The third-order valence-electron chi connectivity index (χ3n) is 4.55. The molecule has 140 valence electrons. The second-order valence-electron chi connectivity index (χ2n) is 6.35. The van der Waals surface area contributed by atoms with Crippen LogP contribution in [0.2, 0.25) is 0 Å². The number of piperidine rings is 1. The summed E-state index contributed by atoms with van der Waals surface area (Å²) in [5.41, 5.74) is 0.0964. The Hall–Kier alpha value is -2.10. The minimum atomic E-state index is -0.482. The Morgan fingerprint density at radius 3 is 3.04 bits per heavy atom. The lowest BCUT2D eigenvalue weighted by atomic mass is 10.0. The van der Waals surface area contributed by atoms with Crippen LogP contribution in [0.5, 0.6) is 0 Å². The van der Waals surface area contributed by atoms with Gasteiger partial charge >= 0.3 is 0 Å². The van der Waals surface area contributed by atoms with Gasteiger partial charge in [0.25, 0.3) is 11.5 Å². The Morgan fingerprint density at radius 2 is 2.35 bits per heavy atom. The van der Waals surface area contributed by atoms with E-state index in [1.54, 1.807) is 0 Å². The van der Waals surface area contributed by atoms with Crippen LogP contribution >= 0.6 is 11.3 Å². The Labute approximate surface area is 155 Å². The molecule has 1 fully saturated rings. The molecule has 1 saturated heterocycles. The standard InChI is InChI=1S/C17H23N5O3S/c1-11-20-14(10-26-11)15-19-8-13(17(25)21-15)16(24)18-5-7-22-6-3-2-4-12(22)9-23/h8,10,12,23H,2-7,9H2,1H3,(H,18,24)(H,19,21,25)/t12-/m1/s1. The number of aryl methyl sites for hydroxylation is 1. The first-order chi connectivity index (χ1) is 12.6. The summed E-state index contributed by atoms with van der Waals surface area (Å²) in [7, 11) is 0. The maximum atomic E-state index is 12.3. The van der Waals surface area contributed by atoms with E-state index < -0.39 is 11.5 Å². The number of H-pyrrole nitrogens is 1. The van der Waals surface area contributed by atoms with Crippen LogP contribution in [0.15, 0.2) is 16.4 Å². The lowest BCUT2D eigenvalue weighted by Gasteiger charge is -2.34. The van der Waals surface area contributed by atoms with Crippen molar-refractivity contribution in [3.63, 3.8) is 0 Å². The summed E-state index contributed by atoms with van der Waals surface area (Å²) < 4.78 is 0. The SMILES string of the molecule is Cc1nc(-c2ncc(C(=O)NCCN3CCCC[C@@H]3CO)c(=O)[nH]2)cs1. The first-order valence-electron chi connectivity index (χ1n) is 8.73. The molecule has 2 aromatic heterocycles. The number of amides is 1. The Kier molecular flexibility index (Phi) is 6.12. The molecule has 0 aromatic carbocycles. The average Bonchev–Trinajstić information content (AvgIpc) is 3.08. The predicted octanol–water partition coefficient (Wildman–Crippen LogP) is 0.778. The van der Waals surface area contributed by atoms with Crippen LogP contribution in [-0.2, 0) is 0 Å². The van der Waals surface area contributed by atoms with Crippen molar-refractivity contribution >= 4 is 17.2 Å². The van der Waals surface area contributed by atoms with E-state index in [0.29, 0.717) is 24.6 Å². The molecule has 3 N–H and O–H groups in total. The van der Waals surface area contributed by atoms with Gasteiger partial charge in [0.05, 0.1) is 11.6 Å². The van der Waals surface area contributed by atoms with Gasteiger partial charge in [0.2, 0.25) is 0 Å². The lowest BCUT2D eigenvalue weighted by molar-refractivity contribution is 0.0848. The second-order valence-corrected chi connectivity index (χ2v) is 7.41. The fourth-order valence-electron chi connectivity index (χ4n) is 3.13. The smallest absolute Gasteiger partial charge is 0.264 e. The molecule has 0 bridgehead atoms. The zero-order valence-corrected chi connectivity index (χ0v) is 15.5.